The van der Waals surface area contributed by atoms with Crippen LogP contribution in [0.5, 0.6) is 11.5 Å². The molecule has 0 amide bonds. The number of fused-ring (bicyclic) bond motifs is 1. The quantitative estimate of drug-likeness (QED) is 0.228. The lowest BCUT2D eigenvalue weighted by molar-refractivity contribution is 0.306. The van der Waals surface area contributed by atoms with Crippen molar-refractivity contribution in [2.24, 2.45) is 0 Å². The van der Waals surface area contributed by atoms with E-state index in [9.17, 15) is 10.2 Å². The summed E-state index contributed by atoms with van der Waals surface area (Å²) in [6.07, 6.45) is 13.7. The number of thiophene rings is 1. The van der Waals surface area contributed by atoms with E-state index in [1.165, 1.54) is 64.6 Å². The van der Waals surface area contributed by atoms with Crippen molar-refractivity contribution >= 4 is 21.4 Å². The Kier molecular flexibility index (Phi) is 8.17. The molecule has 2 nitrogen and oxygen atoms in total. The van der Waals surface area contributed by atoms with Gasteiger partial charge < -0.3 is 10.2 Å². The SMILES string of the molecule is CCc1cc(C(c2cc3ccccc3s2)c2cc(CC)cc(C3(C)CCCCC3)c2O)c(O)c(C2(C)CCCCC2)c1. The predicted octanol–water partition coefficient (Wildman–Crippen LogP) is 11.1. The van der Waals surface area contributed by atoms with Gasteiger partial charge in [0.25, 0.3) is 0 Å². The summed E-state index contributed by atoms with van der Waals surface area (Å²) < 4.78 is 1.24. The van der Waals surface area contributed by atoms with Gasteiger partial charge in [0.1, 0.15) is 11.5 Å². The molecule has 0 spiro atoms. The van der Waals surface area contributed by atoms with Crippen molar-refractivity contribution in [3.05, 3.63) is 92.9 Å². The average Bonchev–Trinajstić information content (AvgIpc) is 3.43. The van der Waals surface area contributed by atoms with Gasteiger partial charge in [0.2, 0.25) is 0 Å². The highest BCUT2D eigenvalue weighted by Gasteiger charge is 2.37. The standard InChI is InChI=1S/C39H48O2S/c1-5-26-21-29(36(40)31(23-26)38(3)17-11-7-12-18-38)35(34-25-28-15-9-10-16-33(28)42-34)30-22-27(6-2)24-32(37(30)41)39(4)19-13-8-14-20-39/h9-10,15-16,21-25,35,40-41H,5-8,11-14,17-20H2,1-4H3. The van der Waals surface area contributed by atoms with Gasteiger partial charge in [-0.3, -0.25) is 0 Å². The van der Waals surface area contributed by atoms with Crippen molar-refractivity contribution in [3.63, 3.8) is 0 Å². The molecule has 0 aliphatic heterocycles. The Hall–Kier alpha value is -2.78. The zero-order valence-corrected chi connectivity index (χ0v) is 26.9. The van der Waals surface area contributed by atoms with Crippen LogP contribution in [0.4, 0.5) is 0 Å². The maximum Gasteiger partial charge on any atom is 0.123 e. The summed E-state index contributed by atoms with van der Waals surface area (Å²) in [5.74, 6) is 0.633. The van der Waals surface area contributed by atoms with Gasteiger partial charge in [-0.25, -0.2) is 0 Å². The lowest BCUT2D eigenvalue weighted by Gasteiger charge is -2.37. The van der Waals surface area contributed by atoms with Crippen LogP contribution in [0.15, 0.2) is 54.6 Å². The largest absolute Gasteiger partial charge is 0.507 e. The Labute approximate surface area is 256 Å². The number of aryl methyl sites for hydroxylation is 2. The fourth-order valence-electron chi connectivity index (χ4n) is 8.03. The molecule has 3 heteroatoms. The number of hydrogen-bond acceptors (Lipinski definition) is 3. The van der Waals surface area contributed by atoms with Crippen LogP contribution >= 0.6 is 11.3 Å². The summed E-state index contributed by atoms with van der Waals surface area (Å²) >= 11 is 1.80. The molecule has 2 aliphatic carbocycles. The van der Waals surface area contributed by atoms with E-state index in [0.29, 0.717) is 11.5 Å². The normalized spacial score (nSPS) is 18.5. The minimum Gasteiger partial charge on any atom is -0.507 e. The van der Waals surface area contributed by atoms with Gasteiger partial charge in [-0.05, 0) is 78.0 Å². The van der Waals surface area contributed by atoms with Crippen LogP contribution in [0.1, 0.15) is 136 Å². The van der Waals surface area contributed by atoms with Crippen LogP contribution in [0.2, 0.25) is 0 Å². The van der Waals surface area contributed by atoms with Crippen LogP contribution in [0, 0.1) is 0 Å². The van der Waals surface area contributed by atoms with Gasteiger partial charge in [0.05, 0.1) is 5.92 Å². The molecule has 2 aliphatic rings. The molecule has 0 radical (unpaired) electrons. The molecule has 1 heterocycles. The molecule has 3 aromatic carbocycles. The molecule has 0 saturated heterocycles. The van der Waals surface area contributed by atoms with E-state index in [1.54, 1.807) is 11.3 Å². The summed E-state index contributed by atoms with van der Waals surface area (Å²) in [5.41, 5.74) is 6.59. The number of phenols is 2. The smallest absolute Gasteiger partial charge is 0.123 e. The Morgan fingerprint density at radius 2 is 1.14 bits per heavy atom. The fraction of sp³-hybridized carbons (Fsp3) is 0.487. The molecule has 42 heavy (non-hydrogen) atoms. The van der Waals surface area contributed by atoms with E-state index in [0.717, 1.165) is 60.8 Å². The highest BCUT2D eigenvalue weighted by atomic mass is 32.1. The molecule has 0 bridgehead atoms. The van der Waals surface area contributed by atoms with Crippen molar-refractivity contribution in [1.82, 2.24) is 0 Å². The van der Waals surface area contributed by atoms with E-state index in [2.05, 4.69) is 82.3 Å². The molecule has 2 saturated carbocycles. The van der Waals surface area contributed by atoms with Gasteiger partial charge in [0.15, 0.2) is 0 Å². The van der Waals surface area contributed by atoms with Crippen molar-refractivity contribution < 1.29 is 10.2 Å². The molecule has 2 N–H and O–H groups in total. The van der Waals surface area contributed by atoms with E-state index >= 15 is 0 Å². The second-order valence-corrected chi connectivity index (χ2v) is 14.8. The van der Waals surface area contributed by atoms with E-state index in [-0.39, 0.29) is 16.7 Å². The molecule has 0 unspecified atom stereocenters. The predicted molar refractivity (Wildman–Crippen MR) is 179 cm³/mol. The third kappa shape index (κ3) is 5.27. The number of aromatic hydroxyl groups is 2. The first-order valence-corrected chi connectivity index (χ1v) is 17.3. The molecule has 4 aromatic rings. The molecule has 2 fully saturated rings. The number of phenolic OH excluding ortho intramolecular Hbond substituents is 2. The van der Waals surface area contributed by atoms with Crippen molar-refractivity contribution in [1.29, 1.82) is 0 Å². The Morgan fingerprint density at radius 1 is 0.667 bits per heavy atom. The third-order valence-corrected chi connectivity index (χ3v) is 12.0. The molecule has 6 rings (SSSR count). The van der Waals surface area contributed by atoms with Crippen LogP contribution in [-0.4, -0.2) is 10.2 Å². The second-order valence-electron chi connectivity index (χ2n) is 13.7. The highest BCUT2D eigenvalue weighted by molar-refractivity contribution is 7.19. The van der Waals surface area contributed by atoms with E-state index in [4.69, 9.17) is 0 Å². The van der Waals surface area contributed by atoms with E-state index in [1.807, 2.05) is 0 Å². The molecule has 1 aromatic heterocycles. The molecule has 222 valence electrons. The minimum atomic E-state index is -0.239. The van der Waals surface area contributed by atoms with Gasteiger partial charge in [-0.1, -0.05) is 109 Å². The highest BCUT2D eigenvalue weighted by Crippen LogP contribution is 2.52. The Bertz CT molecular complexity index is 1450. The van der Waals surface area contributed by atoms with Gasteiger partial charge in [-0.15, -0.1) is 11.3 Å². The van der Waals surface area contributed by atoms with Crippen LogP contribution < -0.4 is 0 Å². The fourth-order valence-corrected chi connectivity index (χ4v) is 9.23. The van der Waals surface area contributed by atoms with Gasteiger partial charge in [-0.2, -0.15) is 0 Å². The monoisotopic (exact) mass is 580 g/mol. The topological polar surface area (TPSA) is 40.5 Å². The summed E-state index contributed by atoms with van der Waals surface area (Å²) in [7, 11) is 0. The Morgan fingerprint density at radius 3 is 1.60 bits per heavy atom. The van der Waals surface area contributed by atoms with Crippen LogP contribution in [0.25, 0.3) is 10.1 Å². The summed E-state index contributed by atoms with van der Waals surface area (Å²) in [6, 6.07) is 19.9. The van der Waals surface area contributed by atoms with Crippen molar-refractivity contribution in [2.45, 2.75) is 121 Å². The zero-order valence-electron chi connectivity index (χ0n) is 26.1. The first-order valence-electron chi connectivity index (χ1n) is 16.5. The average molecular weight is 581 g/mol. The maximum absolute atomic E-state index is 12.3. The summed E-state index contributed by atoms with van der Waals surface area (Å²) in [5, 5.41) is 25.8. The number of benzene rings is 3. The molecular formula is C39H48O2S. The van der Waals surface area contributed by atoms with Crippen molar-refractivity contribution in [3.8, 4) is 11.5 Å². The maximum atomic E-state index is 12.3. The van der Waals surface area contributed by atoms with Gasteiger partial charge >= 0.3 is 0 Å². The second kappa shape index (κ2) is 11.7. The summed E-state index contributed by atoms with van der Waals surface area (Å²) in [4.78, 5) is 1.18. The van der Waals surface area contributed by atoms with Gasteiger partial charge in [0, 0.05) is 31.8 Å². The summed E-state index contributed by atoms with van der Waals surface area (Å²) in [6.45, 7) is 9.15. The first-order chi connectivity index (χ1) is 20.3. The molecular weight excluding hydrogens is 532 g/mol. The van der Waals surface area contributed by atoms with Crippen LogP contribution in [0.3, 0.4) is 0 Å². The Balaban J connectivity index is 1.63. The van der Waals surface area contributed by atoms with Crippen molar-refractivity contribution in [2.75, 3.05) is 0 Å². The molecule has 0 atom stereocenters. The lowest BCUT2D eigenvalue weighted by Crippen LogP contribution is -2.26. The third-order valence-electron chi connectivity index (χ3n) is 10.8. The lowest BCUT2D eigenvalue weighted by atomic mass is 9.68. The first kappa shape index (κ1) is 29.3. The van der Waals surface area contributed by atoms with Crippen LogP contribution in [-0.2, 0) is 23.7 Å². The van der Waals surface area contributed by atoms with E-state index < -0.39 is 0 Å². The minimum absolute atomic E-state index is 0.0268. The number of rotatable bonds is 7. The number of hydrogen-bond donors (Lipinski definition) is 2. The zero-order chi connectivity index (χ0) is 29.5.